The van der Waals surface area contributed by atoms with Crippen molar-refractivity contribution in [3.8, 4) is 39.6 Å². The number of benzene rings is 6. The van der Waals surface area contributed by atoms with Crippen LogP contribution in [0.1, 0.15) is 101 Å². The van der Waals surface area contributed by atoms with E-state index in [1.54, 1.807) is 0 Å². The molecule has 310 valence electrons. The molecule has 0 saturated heterocycles. The van der Waals surface area contributed by atoms with Gasteiger partial charge in [-0.25, -0.2) is 4.98 Å². The summed E-state index contributed by atoms with van der Waals surface area (Å²) in [6.45, 7) is 18.5. The van der Waals surface area contributed by atoms with Crippen molar-refractivity contribution in [3.05, 3.63) is 168 Å². The van der Waals surface area contributed by atoms with E-state index in [9.17, 15) is 0 Å². The number of pyridine rings is 2. The average Bonchev–Trinajstić information content (AvgIpc) is 3.89. The van der Waals surface area contributed by atoms with Crippen molar-refractivity contribution in [1.82, 2.24) is 18.9 Å². The first kappa shape index (κ1) is 41.3. The topological polar surface area (TPSA) is 44.3 Å². The van der Waals surface area contributed by atoms with Crippen LogP contribution in [0.3, 0.4) is 0 Å². The normalized spacial score (nSPS) is 12.0. The van der Waals surface area contributed by atoms with Crippen molar-refractivity contribution in [2.75, 3.05) is 0 Å². The standard InChI is InChI=1S/C56H50N4O.Pt/c1-33(2)40-16-13-17-41(34(3)4)53(40)37-29-48(54-42(35(5)6)18-14-19-43(54)36(7)8)55-46-25-23-38(31-47(46)56-58-27-28-59(56)51(55)30-37)61-39-22-24-45-44-15-9-10-20-49(44)60(50(45)32-39)52-21-11-12-26-57-52;/h9-30,33-36H,1-8H3;/q-2;+2. The molecule has 0 fully saturated rings. The van der Waals surface area contributed by atoms with E-state index >= 15 is 0 Å². The van der Waals surface area contributed by atoms with Crippen LogP contribution in [0.25, 0.3) is 77.2 Å². The Balaban J connectivity index is 0.00000490. The number of rotatable bonds is 9. The monoisotopic (exact) mass is 989 g/mol. The maximum Gasteiger partial charge on any atom is 2.00 e. The number of aromatic nitrogens is 4. The Hall–Kier alpha value is -6.03. The van der Waals surface area contributed by atoms with Crippen molar-refractivity contribution in [2.45, 2.75) is 79.1 Å². The van der Waals surface area contributed by atoms with Crippen LogP contribution in [0.15, 0.2) is 134 Å². The first-order chi connectivity index (χ1) is 29.6. The predicted octanol–water partition coefficient (Wildman–Crippen LogP) is 15.4. The number of para-hydroxylation sites is 1. The minimum Gasteiger partial charge on any atom is -0.503 e. The molecule has 0 unspecified atom stereocenters. The van der Waals surface area contributed by atoms with Gasteiger partial charge in [0.05, 0.1) is 5.65 Å². The fraction of sp³-hybridized carbons (Fsp3) is 0.214. The van der Waals surface area contributed by atoms with Crippen LogP contribution in [0.5, 0.6) is 11.5 Å². The number of nitrogens with zero attached hydrogens (tertiary/aromatic N) is 4. The molecule has 0 atom stereocenters. The molecule has 4 heterocycles. The number of ether oxygens (including phenoxy) is 1. The van der Waals surface area contributed by atoms with Crippen LogP contribution in [0, 0.1) is 12.1 Å². The molecule has 0 aliphatic heterocycles. The van der Waals surface area contributed by atoms with Crippen LogP contribution in [-0.2, 0) is 21.1 Å². The van der Waals surface area contributed by atoms with Crippen LogP contribution in [-0.4, -0.2) is 18.9 Å². The zero-order valence-electron chi connectivity index (χ0n) is 36.5. The maximum absolute atomic E-state index is 6.70. The Morgan fingerprint density at radius 2 is 1.15 bits per heavy atom. The molecule has 5 nitrogen and oxygen atoms in total. The molecule has 10 rings (SSSR count). The molecule has 6 heteroatoms. The molecule has 0 bridgehead atoms. The van der Waals surface area contributed by atoms with Crippen LogP contribution < -0.4 is 4.74 Å². The third kappa shape index (κ3) is 6.82. The molecule has 0 amide bonds. The molecule has 10 aromatic rings. The first-order valence-electron chi connectivity index (χ1n) is 21.7. The molecule has 4 aromatic heterocycles. The summed E-state index contributed by atoms with van der Waals surface area (Å²) in [6.07, 6.45) is 5.83. The fourth-order valence-electron chi connectivity index (χ4n) is 9.57. The van der Waals surface area contributed by atoms with Gasteiger partial charge in [-0.1, -0.05) is 138 Å². The van der Waals surface area contributed by atoms with Crippen LogP contribution >= 0.6 is 0 Å². The Morgan fingerprint density at radius 1 is 0.532 bits per heavy atom. The van der Waals surface area contributed by atoms with Crippen molar-refractivity contribution in [2.24, 2.45) is 0 Å². The van der Waals surface area contributed by atoms with Crippen LogP contribution in [0.2, 0.25) is 0 Å². The SMILES string of the molecule is CC(C)c1cccc(C(C)C)c1-c1cc(-c2c(C(C)C)cccc2C(C)C)c2c3ccc(Oc4[c-]c5c(cc4)c4ccccc4n5-c4ccccn4)[c-]c3c3nccn3c2c1.[Pt+2]. The average molecular weight is 990 g/mol. The van der Waals surface area contributed by atoms with Crippen molar-refractivity contribution >= 4 is 49.1 Å². The molecular formula is C56H50N4OPt. The van der Waals surface area contributed by atoms with Gasteiger partial charge in [0.2, 0.25) is 0 Å². The summed E-state index contributed by atoms with van der Waals surface area (Å²) in [7, 11) is 0. The summed E-state index contributed by atoms with van der Waals surface area (Å²) < 4.78 is 11.1. The van der Waals surface area contributed by atoms with Gasteiger partial charge in [-0.2, -0.15) is 6.07 Å². The number of hydrogen-bond acceptors (Lipinski definition) is 3. The summed E-state index contributed by atoms with van der Waals surface area (Å²) in [5.74, 6) is 3.39. The van der Waals surface area contributed by atoms with E-state index in [0.29, 0.717) is 35.2 Å². The molecule has 0 saturated carbocycles. The second-order valence-corrected chi connectivity index (χ2v) is 17.6. The third-order valence-electron chi connectivity index (χ3n) is 12.4. The zero-order valence-corrected chi connectivity index (χ0v) is 38.8. The third-order valence-corrected chi connectivity index (χ3v) is 12.4. The van der Waals surface area contributed by atoms with Gasteiger partial charge in [-0.05, 0) is 109 Å². The minimum atomic E-state index is 0. The van der Waals surface area contributed by atoms with E-state index in [1.807, 2.05) is 42.7 Å². The van der Waals surface area contributed by atoms with E-state index in [4.69, 9.17) is 14.7 Å². The fourth-order valence-corrected chi connectivity index (χ4v) is 9.57. The Morgan fingerprint density at radius 3 is 1.79 bits per heavy atom. The first-order valence-corrected chi connectivity index (χ1v) is 21.7. The summed E-state index contributed by atoms with van der Waals surface area (Å²) in [5, 5.41) is 5.41. The summed E-state index contributed by atoms with van der Waals surface area (Å²) in [5.41, 5.74) is 14.5. The van der Waals surface area contributed by atoms with Gasteiger partial charge in [0, 0.05) is 41.1 Å². The maximum atomic E-state index is 6.70. The van der Waals surface area contributed by atoms with Gasteiger partial charge in [0.25, 0.3) is 0 Å². The van der Waals surface area contributed by atoms with E-state index in [0.717, 1.165) is 49.6 Å². The molecule has 0 spiro atoms. The smallest absolute Gasteiger partial charge is 0.503 e. The van der Waals surface area contributed by atoms with Gasteiger partial charge in [-0.15, -0.1) is 29.7 Å². The van der Waals surface area contributed by atoms with Crippen molar-refractivity contribution < 1.29 is 25.8 Å². The van der Waals surface area contributed by atoms with Crippen molar-refractivity contribution in [3.63, 3.8) is 0 Å². The van der Waals surface area contributed by atoms with Gasteiger partial charge >= 0.3 is 21.1 Å². The molecule has 0 aliphatic rings. The van der Waals surface area contributed by atoms with Gasteiger partial charge in [-0.3, -0.25) is 4.98 Å². The number of imidazole rings is 1. The second kappa shape index (κ2) is 16.3. The van der Waals surface area contributed by atoms with Crippen LogP contribution in [0.4, 0.5) is 0 Å². The second-order valence-electron chi connectivity index (χ2n) is 17.6. The molecule has 0 radical (unpaired) electrons. The molecule has 62 heavy (non-hydrogen) atoms. The van der Waals surface area contributed by atoms with E-state index in [2.05, 4.69) is 168 Å². The van der Waals surface area contributed by atoms with E-state index in [1.165, 1.54) is 49.9 Å². The number of hydrogen-bond donors (Lipinski definition) is 0. The predicted molar refractivity (Wildman–Crippen MR) is 254 cm³/mol. The van der Waals surface area contributed by atoms with Gasteiger partial charge < -0.3 is 13.7 Å². The minimum absolute atomic E-state index is 0. The molecule has 0 N–H and O–H groups in total. The molecule has 6 aromatic carbocycles. The van der Waals surface area contributed by atoms with Gasteiger partial charge in [0.15, 0.2) is 0 Å². The Bertz CT molecular complexity index is 3250. The summed E-state index contributed by atoms with van der Waals surface area (Å²) in [4.78, 5) is 9.71. The van der Waals surface area contributed by atoms with E-state index in [-0.39, 0.29) is 21.1 Å². The summed E-state index contributed by atoms with van der Waals surface area (Å²) >= 11 is 0. The van der Waals surface area contributed by atoms with Gasteiger partial charge in [0.1, 0.15) is 5.82 Å². The van der Waals surface area contributed by atoms with Crippen molar-refractivity contribution in [1.29, 1.82) is 0 Å². The summed E-state index contributed by atoms with van der Waals surface area (Å²) in [6, 6.07) is 48.7. The largest absolute Gasteiger partial charge is 2.00 e. The quantitative estimate of drug-likeness (QED) is 0.107. The molecular weight excluding hydrogens is 940 g/mol. The Labute approximate surface area is 378 Å². The van der Waals surface area contributed by atoms with E-state index < -0.39 is 0 Å². The number of fused-ring (bicyclic) bond motifs is 9. The Kier molecular flexibility index (Phi) is 10.9. The molecule has 0 aliphatic carbocycles. The zero-order chi connectivity index (χ0) is 42.1.